The number of allylic oxidation sites excluding steroid dienone is 2. The zero-order valence-corrected chi connectivity index (χ0v) is 20.0. The van der Waals surface area contributed by atoms with Gasteiger partial charge in [0.2, 0.25) is 0 Å². The molecule has 3 atom stereocenters. The molecule has 35 heavy (non-hydrogen) atoms. The van der Waals surface area contributed by atoms with Crippen molar-refractivity contribution in [3.63, 3.8) is 0 Å². The van der Waals surface area contributed by atoms with Gasteiger partial charge in [0.15, 0.2) is 0 Å². The molecule has 0 saturated carbocycles. The predicted molar refractivity (Wildman–Crippen MR) is 142 cm³/mol. The second-order valence-electron chi connectivity index (χ2n) is 9.12. The van der Waals surface area contributed by atoms with E-state index in [1.807, 2.05) is 60.7 Å². The van der Waals surface area contributed by atoms with Crippen LogP contribution in [0.2, 0.25) is 5.02 Å². The van der Waals surface area contributed by atoms with Crippen LogP contribution in [0.1, 0.15) is 35.1 Å². The van der Waals surface area contributed by atoms with Crippen molar-refractivity contribution < 1.29 is 9.47 Å². The quantitative estimate of drug-likeness (QED) is 0.281. The molecule has 0 radical (unpaired) electrons. The van der Waals surface area contributed by atoms with Crippen molar-refractivity contribution in [1.82, 2.24) is 0 Å². The molecule has 2 aliphatic rings. The normalized spacial score (nSPS) is 20.0. The highest BCUT2D eigenvalue weighted by molar-refractivity contribution is 6.30. The van der Waals surface area contributed by atoms with E-state index >= 15 is 0 Å². The number of fused-ring (bicyclic) bond motifs is 3. The maximum atomic E-state index is 6.11. The first-order chi connectivity index (χ1) is 17.2. The summed E-state index contributed by atoms with van der Waals surface area (Å²) in [6.45, 7) is 0.521. The van der Waals surface area contributed by atoms with E-state index < -0.39 is 0 Å². The lowest BCUT2D eigenvalue weighted by molar-refractivity contribution is 0.306. The molecule has 0 fully saturated rings. The van der Waals surface area contributed by atoms with Crippen LogP contribution >= 0.6 is 11.6 Å². The third-order valence-corrected chi connectivity index (χ3v) is 7.12. The van der Waals surface area contributed by atoms with Crippen molar-refractivity contribution >= 4 is 17.3 Å². The number of hydrogen-bond acceptors (Lipinski definition) is 3. The van der Waals surface area contributed by atoms with Crippen molar-refractivity contribution in [3.05, 3.63) is 131 Å². The fourth-order valence-electron chi connectivity index (χ4n) is 5.11. The second kappa shape index (κ2) is 9.52. The molecule has 0 spiro atoms. The van der Waals surface area contributed by atoms with Gasteiger partial charge in [0.1, 0.15) is 23.9 Å². The number of halogens is 1. The Bertz CT molecular complexity index is 1330. The van der Waals surface area contributed by atoms with Gasteiger partial charge >= 0.3 is 0 Å². The Morgan fingerprint density at radius 2 is 1.57 bits per heavy atom. The van der Waals surface area contributed by atoms with Crippen molar-refractivity contribution in [2.24, 2.45) is 5.92 Å². The van der Waals surface area contributed by atoms with Crippen LogP contribution in [0.4, 0.5) is 5.69 Å². The van der Waals surface area contributed by atoms with Crippen LogP contribution < -0.4 is 14.8 Å². The first kappa shape index (κ1) is 21.8. The molecule has 174 valence electrons. The minimum absolute atomic E-state index is 0.244. The lowest BCUT2D eigenvalue weighted by Crippen LogP contribution is -2.29. The van der Waals surface area contributed by atoms with Crippen molar-refractivity contribution in [1.29, 1.82) is 0 Å². The van der Waals surface area contributed by atoms with Crippen LogP contribution in [0.3, 0.4) is 0 Å². The fourth-order valence-corrected chi connectivity index (χ4v) is 5.24. The van der Waals surface area contributed by atoms with Gasteiger partial charge in [0.25, 0.3) is 0 Å². The van der Waals surface area contributed by atoms with Crippen LogP contribution in [0, 0.1) is 5.92 Å². The molecule has 1 N–H and O–H groups in total. The van der Waals surface area contributed by atoms with Gasteiger partial charge in [-0.05, 0) is 83.6 Å². The Morgan fingerprint density at radius 3 is 2.37 bits per heavy atom. The standard InChI is InChI=1S/C31H26ClNO2/c32-23-13-9-21(10-14-23)20-34-24-15-11-22(12-16-24)31-28-8-4-7-27(28)29-19-26(17-18-30(29)33-31)35-25-5-2-1-3-6-25/h1-7,9-19,27-28,31,33H,8,20H2/t27-,28+,31+/m1/s1. The number of benzene rings is 4. The third kappa shape index (κ3) is 4.65. The fraction of sp³-hybridized carbons (Fsp3) is 0.161. The Balaban J connectivity index is 1.19. The summed E-state index contributed by atoms with van der Waals surface area (Å²) in [5.74, 6) is 3.43. The lowest BCUT2D eigenvalue weighted by Gasteiger charge is -2.37. The molecule has 6 rings (SSSR count). The molecule has 0 bridgehead atoms. The molecule has 1 aliphatic carbocycles. The maximum absolute atomic E-state index is 6.11. The molecule has 3 nitrogen and oxygen atoms in total. The van der Waals surface area contributed by atoms with E-state index in [4.69, 9.17) is 21.1 Å². The molecule has 1 heterocycles. The summed E-state index contributed by atoms with van der Waals surface area (Å²) in [6, 6.07) is 32.8. The molecular weight excluding hydrogens is 454 g/mol. The van der Waals surface area contributed by atoms with Crippen LogP contribution in [0.15, 0.2) is 109 Å². The third-order valence-electron chi connectivity index (χ3n) is 6.87. The van der Waals surface area contributed by atoms with Crippen molar-refractivity contribution in [2.75, 3.05) is 5.32 Å². The zero-order valence-electron chi connectivity index (χ0n) is 19.2. The van der Waals surface area contributed by atoms with Gasteiger partial charge < -0.3 is 14.8 Å². The minimum atomic E-state index is 0.244. The predicted octanol–water partition coefficient (Wildman–Crippen LogP) is 8.54. The number of ether oxygens (including phenoxy) is 2. The van der Waals surface area contributed by atoms with E-state index in [0.29, 0.717) is 18.4 Å². The molecule has 0 unspecified atom stereocenters. The highest BCUT2D eigenvalue weighted by atomic mass is 35.5. The monoisotopic (exact) mass is 479 g/mol. The van der Waals surface area contributed by atoms with Crippen molar-refractivity contribution in [3.8, 4) is 17.2 Å². The van der Waals surface area contributed by atoms with Crippen LogP contribution in [0.5, 0.6) is 17.2 Å². The summed E-state index contributed by atoms with van der Waals surface area (Å²) in [7, 11) is 0. The van der Waals surface area contributed by atoms with E-state index in [1.165, 1.54) is 16.8 Å². The molecule has 4 aromatic carbocycles. The average molecular weight is 480 g/mol. The molecule has 1 aliphatic heterocycles. The highest BCUT2D eigenvalue weighted by Crippen LogP contribution is 2.50. The van der Waals surface area contributed by atoms with E-state index in [0.717, 1.165) is 34.3 Å². The first-order valence-corrected chi connectivity index (χ1v) is 12.4. The van der Waals surface area contributed by atoms with E-state index in [1.54, 1.807) is 0 Å². The average Bonchev–Trinajstić information content (AvgIpc) is 3.40. The maximum Gasteiger partial charge on any atom is 0.127 e. The molecular formula is C31H26ClNO2. The van der Waals surface area contributed by atoms with E-state index in [-0.39, 0.29) is 6.04 Å². The minimum Gasteiger partial charge on any atom is -0.489 e. The summed E-state index contributed by atoms with van der Waals surface area (Å²) in [5, 5.41) is 4.54. The largest absolute Gasteiger partial charge is 0.489 e. The number of para-hydroxylation sites is 1. The summed E-state index contributed by atoms with van der Waals surface area (Å²) in [5.41, 5.74) is 4.85. The Kier molecular flexibility index (Phi) is 5.93. The molecule has 4 aromatic rings. The van der Waals surface area contributed by atoms with E-state index in [2.05, 4.69) is 53.9 Å². The second-order valence-corrected chi connectivity index (χ2v) is 9.56. The molecule has 0 saturated heterocycles. The first-order valence-electron chi connectivity index (χ1n) is 12.0. The summed E-state index contributed by atoms with van der Waals surface area (Å²) in [4.78, 5) is 0. The Labute approximate surface area is 211 Å². The molecule has 4 heteroatoms. The van der Waals surface area contributed by atoms with Gasteiger partial charge in [-0.2, -0.15) is 0 Å². The van der Waals surface area contributed by atoms with Crippen LogP contribution in [-0.2, 0) is 6.61 Å². The number of rotatable bonds is 6. The number of nitrogens with one attached hydrogen (secondary N) is 1. The van der Waals surface area contributed by atoms with Gasteiger partial charge in [0, 0.05) is 16.6 Å². The zero-order chi connectivity index (χ0) is 23.6. The SMILES string of the molecule is Clc1ccc(COc2ccc([C@@H]3Nc4ccc(Oc5ccccc5)cc4[C@@H]4C=CC[C@@H]43)cc2)cc1. The summed E-state index contributed by atoms with van der Waals surface area (Å²) < 4.78 is 12.1. The van der Waals surface area contributed by atoms with Crippen LogP contribution in [0.25, 0.3) is 0 Å². The van der Waals surface area contributed by atoms with E-state index in [9.17, 15) is 0 Å². The van der Waals surface area contributed by atoms with Gasteiger partial charge in [-0.25, -0.2) is 0 Å². The smallest absolute Gasteiger partial charge is 0.127 e. The summed E-state index contributed by atoms with van der Waals surface area (Å²) >= 11 is 5.97. The Morgan fingerprint density at radius 1 is 0.800 bits per heavy atom. The molecule has 0 aromatic heterocycles. The highest BCUT2D eigenvalue weighted by Gasteiger charge is 2.38. The van der Waals surface area contributed by atoms with Gasteiger partial charge in [-0.15, -0.1) is 0 Å². The topological polar surface area (TPSA) is 30.5 Å². The van der Waals surface area contributed by atoms with Gasteiger partial charge in [-0.3, -0.25) is 0 Å². The van der Waals surface area contributed by atoms with Gasteiger partial charge in [-0.1, -0.05) is 66.2 Å². The number of anilines is 1. The number of hydrogen-bond donors (Lipinski definition) is 1. The van der Waals surface area contributed by atoms with Crippen LogP contribution in [-0.4, -0.2) is 0 Å². The van der Waals surface area contributed by atoms with Gasteiger partial charge in [0.05, 0.1) is 6.04 Å². The lowest BCUT2D eigenvalue weighted by atomic mass is 9.77. The Hall–Kier alpha value is -3.69. The summed E-state index contributed by atoms with van der Waals surface area (Å²) in [6.07, 6.45) is 5.72. The van der Waals surface area contributed by atoms with Crippen molar-refractivity contribution in [2.45, 2.75) is 25.0 Å². The molecule has 0 amide bonds.